The maximum absolute atomic E-state index is 10.9. The van der Waals surface area contributed by atoms with Gasteiger partial charge in [-0.05, 0) is 30.2 Å². The lowest BCUT2D eigenvalue weighted by Crippen LogP contribution is -2.03. The minimum Gasteiger partial charge on any atom is -0.494 e. The number of hydrogen-bond donors (Lipinski definition) is 0. The van der Waals surface area contributed by atoms with Crippen LogP contribution in [0.1, 0.15) is 18.9 Å². The van der Waals surface area contributed by atoms with Crippen molar-refractivity contribution in [1.82, 2.24) is 0 Å². The predicted octanol–water partition coefficient (Wildman–Crippen LogP) is 2.71. The lowest BCUT2D eigenvalue weighted by atomic mass is 10.2. The number of rotatable bonds is 6. The zero-order valence-electron chi connectivity index (χ0n) is 9.77. The van der Waals surface area contributed by atoms with Crippen LogP contribution in [0, 0.1) is 0 Å². The van der Waals surface area contributed by atoms with Crippen LogP contribution in [0.25, 0.3) is 0 Å². The van der Waals surface area contributed by atoms with Gasteiger partial charge in [0.1, 0.15) is 5.75 Å². The third-order valence-corrected chi connectivity index (χ3v) is 2.85. The fourth-order valence-electron chi connectivity index (χ4n) is 1.18. The average Bonchev–Trinajstić information content (AvgIpc) is 2.22. The summed E-state index contributed by atoms with van der Waals surface area (Å²) in [5, 5.41) is 0. The average molecular weight is 323 g/mol. The summed E-state index contributed by atoms with van der Waals surface area (Å²) in [5.41, 5.74) is 0.746. The van der Waals surface area contributed by atoms with Gasteiger partial charge in [0.15, 0.2) is 0 Å². The highest BCUT2D eigenvalue weighted by molar-refractivity contribution is 9.10. The molecular formula is C11H15BrO4S. The first kappa shape index (κ1) is 14.5. The van der Waals surface area contributed by atoms with Crippen LogP contribution in [0.15, 0.2) is 22.7 Å². The zero-order valence-corrected chi connectivity index (χ0v) is 12.2. The van der Waals surface area contributed by atoms with Crippen molar-refractivity contribution in [3.8, 4) is 5.75 Å². The lowest BCUT2D eigenvalue weighted by molar-refractivity contribution is 0.304. The SMILES string of the molecule is CCCOc1cc(Br)cc(COS(C)(=O)=O)c1. The van der Waals surface area contributed by atoms with Gasteiger partial charge in [-0.15, -0.1) is 0 Å². The molecule has 0 atom stereocenters. The van der Waals surface area contributed by atoms with E-state index in [-0.39, 0.29) is 6.61 Å². The van der Waals surface area contributed by atoms with Crippen molar-refractivity contribution < 1.29 is 17.3 Å². The molecule has 96 valence electrons. The molecule has 1 aromatic rings. The van der Waals surface area contributed by atoms with E-state index in [2.05, 4.69) is 15.9 Å². The van der Waals surface area contributed by atoms with Crippen molar-refractivity contribution in [3.05, 3.63) is 28.2 Å². The Morgan fingerprint density at radius 3 is 2.59 bits per heavy atom. The van der Waals surface area contributed by atoms with Crippen LogP contribution >= 0.6 is 15.9 Å². The Morgan fingerprint density at radius 2 is 2.00 bits per heavy atom. The van der Waals surface area contributed by atoms with Crippen LogP contribution in [0.4, 0.5) is 0 Å². The first-order valence-electron chi connectivity index (χ1n) is 5.17. The molecule has 0 amide bonds. The molecule has 0 aliphatic carbocycles. The molecule has 1 aromatic carbocycles. The molecule has 0 radical (unpaired) electrons. The summed E-state index contributed by atoms with van der Waals surface area (Å²) in [4.78, 5) is 0. The minimum atomic E-state index is -3.42. The second-order valence-electron chi connectivity index (χ2n) is 3.61. The Bertz CT molecular complexity index is 470. The molecular weight excluding hydrogens is 308 g/mol. The van der Waals surface area contributed by atoms with Gasteiger partial charge < -0.3 is 4.74 Å². The molecule has 0 heterocycles. The van der Waals surface area contributed by atoms with Crippen LogP contribution in [0.2, 0.25) is 0 Å². The quantitative estimate of drug-likeness (QED) is 0.756. The molecule has 6 heteroatoms. The molecule has 0 spiro atoms. The summed E-state index contributed by atoms with van der Waals surface area (Å²) >= 11 is 3.34. The highest BCUT2D eigenvalue weighted by atomic mass is 79.9. The van der Waals surface area contributed by atoms with Crippen LogP contribution in [0.3, 0.4) is 0 Å². The van der Waals surface area contributed by atoms with Gasteiger partial charge in [0.05, 0.1) is 19.5 Å². The van der Waals surface area contributed by atoms with E-state index in [1.54, 1.807) is 12.1 Å². The summed E-state index contributed by atoms with van der Waals surface area (Å²) < 4.78 is 32.8. The molecule has 0 aliphatic rings. The summed E-state index contributed by atoms with van der Waals surface area (Å²) in [6.07, 6.45) is 1.95. The van der Waals surface area contributed by atoms with Gasteiger partial charge in [-0.1, -0.05) is 22.9 Å². The largest absolute Gasteiger partial charge is 0.494 e. The van der Waals surface area contributed by atoms with Crippen molar-refractivity contribution >= 4 is 26.0 Å². The smallest absolute Gasteiger partial charge is 0.264 e. The molecule has 0 saturated carbocycles. The Kier molecular flexibility index (Phi) is 5.42. The maximum Gasteiger partial charge on any atom is 0.264 e. The van der Waals surface area contributed by atoms with E-state index < -0.39 is 10.1 Å². The zero-order chi connectivity index (χ0) is 12.9. The molecule has 0 N–H and O–H groups in total. The van der Waals surface area contributed by atoms with Gasteiger partial charge in [0, 0.05) is 4.47 Å². The number of ether oxygens (including phenoxy) is 1. The van der Waals surface area contributed by atoms with E-state index in [1.807, 2.05) is 13.0 Å². The van der Waals surface area contributed by atoms with Crippen molar-refractivity contribution in [2.45, 2.75) is 20.0 Å². The molecule has 4 nitrogen and oxygen atoms in total. The summed E-state index contributed by atoms with van der Waals surface area (Å²) in [7, 11) is -3.42. The van der Waals surface area contributed by atoms with Crippen LogP contribution < -0.4 is 4.74 Å². The van der Waals surface area contributed by atoms with Gasteiger partial charge in [-0.3, -0.25) is 4.18 Å². The summed E-state index contributed by atoms with van der Waals surface area (Å²) in [5.74, 6) is 0.702. The van der Waals surface area contributed by atoms with Gasteiger partial charge >= 0.3 is 0 Å². The molecule has 0 aliphatic heterocycles. The molecule has 1 rings (SSSR count). The number of hydrogen-bond acceptors (Lipinski definition) is 4. The fourth-order valence-corrected chi connectivity index (χ4v) is 2.05. The topological polar surface area (TPSA) is 52.6 Å². The molecule has 0 unspecified atom stereocenters. The second kappa shape index (κ2) is 6.37. The van der Waals surface area contributed by atoms with E-state index in [1.165, 1.54) is 0 Å². The monoisotopic (exact) mass is 322 g/mol. The Balaban J connectivity index is 2.75. The molecule has 0 saturated heterocycles. The van der Waals surface area contributed by atoms with Gasteiger partial charge in [-0.2, -0.15) is 8.42 Å². The van der Waals surface area contributed by atoms with E-state index in [0.29, 0.717) is 12.4 Å². The predicted molar refractivity (Wildman–Crippen MR) is 69.6 cm³/mol. The summed E-state index contributed by atoms with van der Waals surface area (Å²) in [6, 6.07) is 5.40. The number of benzene rings is 1. The molecule has 17 heavy (non-hydrogen) atoms. The fraction of sp³-hybridized carbons (Fsp3) is 0.455. The van der Waals surface area contributed by atoms with Gasteiger partial charge in [0.25, 0.3) is 10.1 Å². The van der Waals surface area contributed by atoms with E-state index in [0.717, 1.165) is 22.7 Å². The van der Waals surface area contributed by atoms with E-state index in [4.69, 9.17) is 8.92 Å². The standard InChI is InChI=1S/C11H15BrO4S/c1-3-4-15-11-6-9(5-10(12)7-11)8-16-17(2,13)14/h5-7H,3-4,8H2,1-2H3. The maximum atomic E-state index is 10.9. The van der Waals surface area contributed by atoms with Crippen molar-refractivity contribution in [3.63, 3.8) is 0 Å². The van der Waals surface area contributed by atoms with Gasteiger partial charge in [-0.25, -0.2) is 0 Å². The van der Waals surface area contributed by atoms with E-state index in [9.17, 15) is 8.42 Å². The molecule has 0 bridgehead atoms. The van der Waals surface area contributed by atoms with Crippen molar-refractivity contribution in [2.75, 3.05) is 12.9 Å². The Morgan fingerprint density at radius 1 is 1.29 bits per heavy atom. The second-order valence-corrected chi connectivity index (χ2v) is 6.17. The Labute approximate surface area is 110 Å². The minimum absolute atomic E-state index is 0.0146. The van der Waals surface area contributed by atoms with Gasteiger partial charge in [0.2, 0.25) is 0 Å². The first-order chi connectivity index (χ1) is 7.90. The van der Waals surface area contributed by atoms with Crippen LogP contribution in [0.5, 0.6) is 5.75 Å². The van der Waals surface area contributed by atoms with Crippen LogP contribution in [-0.2, 0) is 20.9 Å². The summed E-state index contributed by atoms with van der Waals surface area (Å²) in [6.45, 7) is 2.66. The van der Waals surface area contributed by atoms with Crippen molar-refractivity contribution in [2.24, 2.45) is 0 Å². The van der Waals surface area contributed by atoms with Crippen molar-refractivity contribution in [1.29, 1.82) is 0 Å². The first-order valence-corrected chi connectivity index (χ1v) is 7.78. The molecule has 0 aromatic heterocycles. The van der Waals surface area contributed by atoms with Crippen LogP contribution in [-0.4, -0.2) is 21.3 Å². The lowest BCUT2D eigenvalue weighted by Gasteiger charge is -2.08. The highest BCUT2D eigenvalue weighted by Crippen LogP contribution is 2.22. The molecule has 0 fully saturated rings. The Hall–Kier alpha value is -0.590. The third-order valence-electron chi connectivity index (χ3n) is 1.84. The number of halogens is 1. The van der Waals surface area contributed by atoms with E-state index >= 15 is 0 Å². The highest BCUT2D eigenvalue weighted by Gasteiger charge is 2.05. The normalized spacial score (nSPS) is 11.5. The third kappa shape index (κ3) is 6.05.